The molecule has 192 valence electrons. The summed E-state index contributed by atoms with van der Waals surface area (Å²) in [4.78, 5) is 22.1. The van der Waals surface area contributed by atoms with E-state index in [1.807, 2.05) is 99.6 Å². The fourth-order valence-electron chi connectivity index (χ4n) is 3.29. The summed E-state index contributed by atoms with van der Waals surface area (Å²) >= 11 is 0. The third-order valence-corrected chi connectivity index (χ3v) is 5.20. The molecular weight excluding hydrogens is 448 g/mol. The summed E-state index contributed by atoms with van der Waals surface area (Å²) in [5.74, 6) is 0.00197. The number of Topliss-reactive ketones (excluding diaryl/α,β-unsaturated/α-hetero) is 1. The van der Waals surface area contributed by atoms with Crippen LogP contribution in [0.3, 0.4) is 0 Å². The Balaban J connectivity index is 0.000000282. The van der Waals surface area contributed by atoms with Gasteiger partial charge in [-0.1, -0.05) is 96.6 Å². The number of ketones is 1. The molecule has 0 bridgehead atoms. The molecule has 3 aromatic rings. The molecule has 0 aliphatic rings. The third kappa shape index (κ3) is 14.0. The normalized spacial score (nSPS) is 11.5. The van der Waals surface area contributed by atoms with Crippen molar-refractivity contribution in [2.24, 2.45) is 0 Å². The fraction of sp³-hybridized carbons (Fsp3) is 0.312. The van der Waals surface area contributed by atoms with E-state index >= 15 is 0 Å². The highest BCUT2D eigenvalue weighted by atomic mass is 16.5. The molecule has 4 nitrogen and oxygen atoms in total. The minimum absolute atomic E-state index is 0.212. The molecule has 0 aliphatic carbocycles. The van der Waals surface area contributed by atoms with Crippen LogP contribution in [0.1, 0.15) is 51.3 Å². The van der Waals surface area contributed by atoms with E-state index in [9.17, 15) is 9.59 Å². The van der Waals surface area contributed by atoms with Gasteiger partial charge in [0, 0.05) is 12.0 Å². The molecule has 0 spiro atoms. The number of allylic oxidation sites excluding steroid dienone is 1. The lowest BCUT2D eigenvalue weighted by Crippen LogP contribution is -2.07. The number of aliphatic hydroxyl groups excluding tert-OH is 1. The molecule has 3 rings (SSSR count). The van der Waals surface area contributed by atoms with Crippen LogP contribution in [0.2, 0.25) is 0 Å². The zero-order chi connectivity index (χ0) is 26.8. The van der Waals surface area contributed by atoms with E-state index in [2.05, 4.69) is 12.1 Å². The Morgan fingerprint density at radius 3 is 1.53 bits per heavy atom. The highest BCUT2D eigenvalue weighted by molar-refractivity contribution is 5.88. The first-order valence-corrected chi connectivity index (χ1v) is 12.4. The molecule has 1 atom stereocenters. The van der Waals surface area contributed by atoms with Crippen LogP contribution < -0.4 is 0 Å². The van der Waals surface area contributed by atoms with Crippen molar-refractivity contribution in [3.63, 3.8) is 0 Å². The number of aliphatic hydroxyl groups is 1. The maximum absolute atomic E-state index is 11.5. The smallest absolute Gasteiger partial charge is 0.333 e. The first-order chi connectivity index (χ1) is 17.2. The number of carbonyl (C=O) groups is 2. The largest absolute Gasteiger partial charge is 0.463 e. The summed E-state index contributed by atoms with van der Waals surface area (Å²) in [5.41, 5.74) is 5.27. The number of hydrogen-bond donors (Lipinski definition) is 1. The highest BCUT2D eigenvalue weighted by Gasteiger charge is 2.08. The van der Waals surface area contributed by atoms with E-state index in [0.29, 0.717) is 18.6 Å². The molecule has 0 radical (unpaired) electrons. The molecule has 36 heavy (non-hydrogen) atoms. The number of benzene rings is 3. The van der Waals surface area contributed by atoms with Gasteiger partial charge in [0.2, 0.25) is 0 Å². The van der Waals surface area contributed by atoms with E-state index in [1.165, 1.54) is 11.1 Å². The number of carbonyl (C=O) groups excluding carboxylic acids is 2. The fourth-order valence-corrected chi connectivity index (χ4v) is 3.29. The van der Waals surface area contributed by atoms with Crippen LogP contribution in [-0.2, 0) is 33.6 Å². The molecule has 0 saturated carbocycles. The molecule has 3 aromatic carbocycles. The number of rotatable bonds is 8. The van der Waals surface area contributed by atoms with Crippen molar-refractivity contribution >= 4 is 11.8 Å². The standard InChI is InChI=1S/C14H18O2.C9H12O.C9H10O/c1-4-16-14(15)12(3)11(2)10-13-8-6-5-7-9-13;2*1-8(10)7-9-5-3-2-4-6-9/h5-9H,4,10H2,1-3H3;2-6,8,10H,7H2,1H3;2-6H,7H2,1H3. The molecule has 0 amide bonds. The zero-order valence-corrected chi connectivity index (χ0v) is 22.2. The minimum Gasteiger partial charge on any atom is -0.463 e. The van der Waals surface area contributed by atoms with Gasteiger partial charge in [0.25, 0.3) is 0 Å². The second-order valence-electron chi connectivity index (χ2n) is 8.69. The number of ether oxygens (including phenoxy) is 1. The second kappa shape index (κ2) is 17.9. The molecule has 0 saturated heterocycles. The highest BCUT2D eigenvalue weighted by Crippen LogP contribution is 2.12. The van der Waals surface area contributed by atoms with Gasteiger partial charge in [0.1, 0.15) is 5.78 Å². The maximum Gasteiger partial charge on any atom is 0.333 e. The molecular formula is C32H40O4. The molecule has 0 aromatic heterocycles. The maximum atomic E-state index is 11.5. The number of hydrogen-bond acceptors (Lipinski definition) is 4. The van der Waals surface area contributed by atoms with Crippen molar-refractivity contribution in [3.8, 4) is 0 Å². The SMILES string of the molecule is CC(=O)Cc1ccccc1.CC(O)Cc1ccccc1.CCOC(=O)C(C)=C(C)Cc1ccccc1. The van der Waals surface area contributed by atoms with E-state index < -0.39 is 0 Å². The predicted molar refractivity (Wildman–Crippen MR) is 148 cm³/mol. The van der Waals surface area contributed by atoms with Gasteiger partial charge in [-0.25, -0.2) is 4.79 Å². The molecule has 1 unspecified atom stereocenters. The summed E-state index contributed by atoms with van der Waals surface area (Å²) in [5, 5.41) is 9.01. The molecule has 1 N–H and O–H groups in total. The summed E-state index contributed by atoms with van der Waals surface area (Å²) in [6, 6.07) is 29.8. The lowest BCUT2D eigenvalue weighted by atomic mass is 10.0. The summed E-state index contributed by atoms with van der Waals surface area (Å²) < 4.78 is 4.97. The van der Waals surface area contributed by atoms with Crippen LogP contribution in [0, 0.1) is 0 Å². The van der Waals surface area contributed by atoms with Gasteiger partial charge >= 0.3 is 5.97 Å². The Kier molecular flexibility index (Phi) is 15.2. The Hall–Kier alpha value is -3.50. The Morgan fingerprint density at radius 2 is 1.14 bits per heavy atom. The van der Waals surface area contributed by atoms with Crippen LogP contribution in [0.15, 0.2) is 102 Å². The van der Waals surface area contributed by atoms with Crippen LogP contribution in [0.4, 0.5) is 0 Å². The van der Waals surface area contributed by atoms with Crippen molar-refractivity contribution in [2.45, 2.75) is 60.0 Å². The van der Waals surface area contributed by atoms with Crippen molar-refractivity contribution in [2.75, 3.05) is 6.61 Å². The molecule has 4 heteroatoms. The second-order valence-corrected chi connectivity index (χ2v) is 8.69. The average molecular weight is 489 g/mol. The lowest BCUT2D eigenvalue weighted by Gasteiger charge is -2.07. The van der Waals surface area contributed by atoms with Gasteiger partial charge in [-0.15, -0.1) is 0 Å². The van der Waals surface area contributed by atoms with Crippen molar-refractivity contribution in [1.29, 1.82) is 0 Å². The topological polar surface area (TPSA) is 63.6 Å². The molecule has 0 aliphatic heterocycles. The zero-order valence-electron chi connectivity index (χ0n) is 22.2. The van der Waals surface area contributed by atoms with Crippen molar-refractivity contribution < 1.29 is 19.4 Å². The average Bonchev–Trinajstić information content (AvgIpc) is 2.85. The molecule has 0 fully saturated rings. The monoisotopic (exact) mass is 488 g/mol. The van der Waals surface area contributed by atoms with Crippen LogP contribution in [0.5, 0.6) is 0 Å². The van der Waals surface area contributed by atoms with Crippen molar-refractivity contribution in [1.82, 2.24) is 0 Å². The summed E-state index contributed by atoms with van der Waals surface area (Å²) in [7, 11) is 0. The van der Waals surface area contributed by atoms with E-state index in [4.69, 9.17) is 9.84 Å². The number of esters is 1. The summed E-state index contributed by atoms with van der Waals surface area (Å²) in [6.45, 7) is 9.43. The first-order valence-electron chi connectivity index (χ1n) is 12.4. The summed E-state index contributed by atoms with van der Waals surface area (Å²) in [6.07, 6.45) is 1.87. The van der Waals surface area contributed by atoms with Gasteiger partial charge < -0.3 is 9.84 Å². The van der Waals surface area contributed by atoms with Gasteiger partial charge in [-0.3, -0.25) is 4.79 Å². The van der Waals surface area contributed by atoms with Gasteiger partial charge in [-0.05, 0) is 64.2 Å². The third-order valence-electron chi connectivity index (χ3n) is 5.20. The predicted octanol–water partition coefficient (Wildman–Crippen LogP) is 6.56. The van der Waals surface area contributed by atoms with Gasteiger partial charge in [0.05, 0.1) is 12.7 Å². The first kappa shape index (κ1) is 30.5. The van der Waals surface area contributed by atoms with E-state index in [0.717, 1.165) is 24.0 Å². The van der Waals surface area contributed by atoms with Gasteiger partial charge in [0.15, 0.2) is 0 Å². The quantitative estimate of drug-likeness (QED) is 0.288. The minimum atomic E-state index is -0.234. The Labute approximate surface area is 216 Å². The van der Waals surface area contributed by atoms with E-state index in [-0.39, 0.29) is 17.9 Å². The van der Waals surface area contributed by atoms with Crippen LogP contribution in [-0.4, -0.2) is 29.6 Å². The lowest BCUT2D eigenvalue weighted by molar-refractivity contribution is -0.138. The van der Waals surface area contributed by atoms with Gasteiger partial charge in [-0.2, -0.15) is 0 Å². The Morgan fingerprint density at radius 1 is 0.722 bits per heavy atom. The van der Waals surface area contributed by atoms with Crippen LogP contribution >= 0.6 is 0 Å². The van der Waals surface area contributed by atoms with Crippen molar-refractivity contribution in [3.05, 3.63) is 119 Å². The molecule has 0 heterocycles. The van der Waals surface area contributed by atoms with E-state index in [1.54, 1.807) is 13.8 Å². The van der Waals surface area contributed by atoms with Crippen LogP contribution in [0.25, 0.3) is 0 Å². The Bertz CT molecular complexity index is 1040.